The zero-order valence-corrected chi connectivity index (χ0v) is 9.32. The summed E-state index contributed by atoms with van der Waals surface area (Å²) >= 11 is 1.75. The second-order valence-corrected chi connectivity index (χ2v) is 4.10. The van der Waals surface area contributed by atoms with Crippen molar-refractivity contribution < 1.29 is 4.79 Å². The maximum Gasteiger partial charge on any atom is 0.220 e. The molecular weight excluding hydrogens is 184 g/mol. The Kier molecular flexibility index (Phi) is 8.24. The molecule has 0 spiro atoms. The lowest BCUT2D eigenvalue weighted by Gasteiger charge is -2.07. The highest BCUT2D eigenvalue weighted by Crippen LogP contribution is 2.05. The molecule has 1 unspecified atom stereocenters. The Balaban J connectivity index is 3.20. The highest BCUT2D eigenvalue weighted by atomic mass is 32.2. The molecule has 0 aromatic carbocycles. The average Bonchev–Trinajstić information content (AvgIpc) is 2.12. The third-order valence-corrected chi connectivity index (χ3v) is 2.86. The number of thioether (sulfide) groups is 1. The van der Waals surface area contributed by atoms with Crippen molar-refractivity contribution in [2.75, 3.05) is 18.1 Å². The van der Waals surface area contributed by atoms with Crippen LogP contribution in [0.2, 0.25) is 0 Å². The fourth-order valence-corrected chi connectivity index (χ4v) is 1.84. The third kappa shape index (κ3) is 8.12. The molecule has 0 aliphatic rings. The third-order valence-electron chi connectivity index (χ3n) is 1.70. The van der Waals surface area contributed by atoms with E-state index in [2.05, 4.69) is 12.2 Å². The molecule has 3 N–H and O–H groups in total. The average molecular weight is 204 g/mol. The standard InChI is InChI=1S/C9H20N2OS/c1-3-8(10)7-13-6-5-9(12)11-4-2/h8H,3-7,10H2,1-2H3,(H,11,12). The van der Waals surface area contributed by atoms with E-state index < -0.39 is 0 Å². The highest BCUT2D eigenvalue weighted by molar-refractivity contribution is 7.99. The number of nitrogens with two attached hydrogens (primary N) is 1. The summed E-state index contributed by atoms with van der Waals surface area (Å²) in [6.07, 6.45) is 1.61. The van der Waals surface area contributed by atoms with E-state index >= 15 is 0 Å². The molecule has 0 aromatic heterocycles. The van der Waals surface area contributed by atoms with Gasteiger partial charge in [-0.25, -0.2) is 0 Å². The maximum atomic E-state index is 11.0. The number of carbonyl (C=O) groups excluding carboxylic acids is 1. The van der Waals surface area contributed by atoms with Gasteiger partial charge in [-0.05, 0) is 13.3 Å². The summed E-state index contributed by atoms with van der Waals surface area (Å²) in [5.74, 6) is 1.97. The summed E-state index contributed by atoms with van der Waals surface area (Å²) in [7, 11) is 0. The van der Waals surface area contributed by atoms with E-state index in [1.165, 1.54) is 0 Å². The second kappa shape index (κ2) is 8.38. The molecule has 4 heteroatoms. The molecule has 0 fully saturated rings. The first-order valence-corrected chi connectivity index (χ1v) is 5.96. The van der Waals surface area contributed by atoms with E-state index in [1.807, 2.05) is 6.92 Å². The van der Waals surface area contributed by atoms with Gasteiger partial charge in [0.05, 0.1) is 0 Å². The summed E-state index contributed by atoms with van der Waals surface area (Å²) in [6, 6.07) is 0.277. The van der Waals surface area contributed by atoms with Crippen LogP contribution in [0.4, 0.5) is 0 Å². The van der Waals surface area contributed by atoms with Crippen LogP contribution >= 0.6 is 11.8 Å². The van der Waals surface area contributed by atoms with Crippen LogP contribution in [0.1, 0.15) is 26.7 Å². The second-order valence-electron chi connectivity index (χ2n) is 2.95. The van der Waals surface area contributed by atoms with Crippen molar-refractivity contribution in [3.63, 3.8) is 0 Å². The number of amides is 1. The Morgan fingerprint density at radius 1 is 1.54 bits per heavy atom. The van der Waals surface area contributed by atoms with Crippen LogP contribution in [-0.4, -0.2) is 30.0 Å². The molecule has 1 atom stereocenters. The lowest BCUT2D eigenvalue weighted by molar-refractivity contribution is -0.120. The minimum Gasteiger partial charge on any atom is -0.356 e. The summed E-state index contributed by atoms with van der Waals surface area (Å²) in [6.45, 7) is 4.73. The number of hydrogen-bond donors (Lipinski definition) is 2. The van der Waals surface area contributed by atoms with Gasteiger partial charge >= 0.3 is 0 Å². The Bertz CT molecular complexity index is 142. The first-order chi connectivity index (χ1) is 6.20. The highest BCUT2D eigenvalue weighted by Gasteiger charge is 2.01. The SMILES string of the molecule is CCNC(=O)CCSCC(N)CC. The number of hydrogen-bond acceptors (Lipinski definition) is 3. The smallest absolute Gasteiger partial charge is 0.220 e. The Morgan fingerprint density at radius 2 is 2.23 bits per heavy atom. The number of carbonyl (C=O) groups is 1. The molecule has 0 bridgehead atoms. The molecule has 1 amide bonds. The predicted molar refractivity (Wildman–Crippen MR) is 58.9 cm³/mol. The molecule has 13 heavy (non-hydrogen) atoms. The van der Waals surface area contributed by atoms with Gasteiger partial charge in [-0.15, -0.1) is 0 Å². The van der Waals surface area contributed by atoms with Gasteiger partial charge in [-0.3, -0.25) is 4.79 Å². The lowest BCUT2D eigenvalue weighted by atomic mass is 10.3. The summed E-state index contributed by atoms with van der Waals surface area (Å²) in [4.78, 5) is 11.0. The Morgan fingerprint density at radius 3 is 2.77 bits per heavy atom. The van der Waals surface area contributed by atoms with Gasteiger partial charge in [0.25, 0.3) is 0 Å². The van der Waals surface area contributed by atoms with Crippen LogP contribution in [0.5, 0.6) is 0 Å². The van der Waals surface area contributed by atoms with Crippen molar-refractivity contribution in [2.24, 2.45) is 5.73 Å². The first-order valence-electron chi connectivity index (χ1n) is 4.80. The lowest BCUT2D eigenvalue weighted by Crippen LogP contribution is -2.24. The fraction of sp³-hybridized carbons (Fsp3) is 0.889. The molecule has 0 aliphatic heterocycles. The first kappa shape index (κ1) is 12.8. The molecule has 0 saturated carbocycles. The Labute approximate surface area is 84.8 Å². The molecule has 0 saturated heterocycles. The van der Waals surface area contributed by atoms with Gasteiger partial charge in [-0.1, -0.05) is 6.92 Å². The van der Waals surface area contributed by atoms with Gasteiger partial charge in [0.2, 0.25) is 5.91 Å². The molecule has 0 aliphatic carbocycles. The fourth-order valence-electron chi connectivity index (χ4n) is 0.803. The van der Waals surface area contributed by atoms with Crippen LogP contribution in [-0.2, 0) is 4.79 Å². The van der Waals surface area contributed by atoms with Crippen molar-refractivity contribution in [3.8, 4) is 0 Å². The van der Waals surface area contributed by atoms with Crippen LogP contribution in [0.15, 0.2) is 0 Å². The van der Waals surface area contributed by atoms with Crippen LogP contribution in [0.25, 0.3) is 0 Å². The zero-order chi connectivity index (χ0) is 10.1. The quantitative estimate of drug-likeness (QED) is 0.608. The van der Waals surface area contributed by atoms with Crippen molar-refractivity contribution >= 4 is 17.7 Å². The molecule has 0 radical (unpaired) electrons. The topological polar surface area (TPSA) is 55.1 Å². The van der Waals surface area contributed by atoms with Gasteiger partial charge < -0.3 is 11.1 Å². The van der Waals surface area contributed by atoms with Crippen LogP contribution in [0.3, 0.4) is 0 Å². The minimum atomic E-state index is 0.139. The van der Waals surface area contributed by atoms with Gasteiger partial charge in [0.15, 0.2) is 0 Å². The van der Waals surface area contributed by atoms with Crippen molar-refractivity contribution in [1.82, 2.24) is 5.32 Å². The van der Waals surface area contributed by atoms with E-state index in [4.69, 9.17) is 5.73 Å². The molecule has 0 rings (SSSR count). The van der Waals surface area contributed by atoms with Crippen molar-refractivity contribution in [1.29, 1.82) is 0 Å². The largest absolute Gasteiger partial charge is 0.356 e. The summed E-state index contributed by atoms with van der Waals surface area (Å²) in [5.41, 5.74) is 5.73. The number of nitrogens with one attached hydrogen (secondary N) is 1. The van der Waals surface area contributed by atoms with E-state index in [0.717, 1.165) is 24.5 Å². The van der Waals surface area contributed by atoms with Crippen molar-refractivity contribution in [2.45, 2.75) is 32.7 Å². The van der Waals surface area contributed by atoms with Gasteiger partial charge in [0.1, 0.15) is 0 Å². The van der Waals surface area contributed by atoms with Crippen LogP contribution < -0.4 is 11.1 Å². The van der Waals surface area contributed by atoms with Crippen LogP contribution in [0, 0.1) is 0 Å². The molecule has 0 heterocycles. The van der Waals surface area contributed by atoms with Gasteiger partial charge in [-0.2, -0.15) is 11.8 Å². The molecule has 3 nitrogen and oxygen atoms in total. The van der Waals surface area contributed by atoms with Crippen molar-refractivity contribution in [3.05, 3.63) is 0 Å². The normalized spacial score (nSPS) is 12.5. The predicted octanol–water partition coefficient (Wildman–Crippen LogP) is 0.983. The molecular formula is C9H20N2OS. The van der Waals surface area contributed by atoms with E-state index in [-0.39, 0.29) is 11.9 Å². The maximum absolute atomic E-state index is 11.0. The zero-order valence-electron chi connectivity index (χ0n) is 8.51. The minimum absolute atomic E-state index is 0.139. The van der Waals surface area contributed by atoms with E-state index in [9.17, 15) is 4.79 Å². The van der Waals surface area contributed by atoms with E-state index in [1.54, 1.807) is 11.8 Å². The summed E-state index contributed by atoms with van der Waals surface area (Å²) in [5, 5.41) is 2.76. The van der Waals surface area contributed by atoms with Gasteiger partial charge in [0, 0.05) is 30.5 Å². The molecule has 78 valence electrons. The Hall–Kier alpha value is -0.220. The monoisotopic (exact) mass is 204 g/mol. The molecule has 0 aromatic rings. The summed E-state index contributed by atoms with van der Waals surface area (Å²) < 4.78 is 0. The van der Waals surface area contributed by atoms with E-state index in [0.29, 0.717) is 6.42 Å². The number of rotatable bonds is 7.